The Kier molecular flexibility index (Phi) is 4.28. The molecule has 0 aliphatic rings. The van der Waals surface area contributed by atoms with Crippen LogP contribution in [0.25, 0.3) is 27.9 Å². The number of methoxy groups -OCH3 is 1. The number of aromatic nitrogens is 4. The smallest absolute Gasteiger partial charge is 0.351 e. The number of halogens is 1. The van der Waals surface area contributed by atoms with Crippen LogP contribution in [0, 0.1) is 5.82 Å². The summed E-state index contributed by atoms with van der Waals surface area (Å²) in [4.78, 5) is 17.9. The standard InChI is InChI=1S/C23H17FN4O2/c1-30-18-9-4-6-15(12-18)14-27-20-11-3-2-10-19(20)22-25-21(26-28(22)23(27)29)16-7-5-8-17(24)13-16/h2-13H,14H2,1H3. The van der Waals surface area contributed by atoms with E-state index in [0.29, 0.717) is 23.6 Å². The lowest BCUT2D eigenvalue weighted by Gasteiger charge is -2.11. The van der Waals surface area contributed by atoms with E-state index in [-0.39, 0.29) is 11.5 Å². The van der Waals surface area contributed by atoms with Crippen molar-refractivity contribution in [3.8, 4) is 17.1 Å². The second-order valence-corrected chi connectivity index (χ2v) is 6.92. The maximum Gasteiger partial charge on any atom is 0.351 e. The number of benzene rings is 3. The van der Waals surface area contributed by atoms with Gasteiger partial charge in [-0.2, -0.15) is 4.52 Å². The Bertz CT molecular complexity index is 1460. The third kappa shape index (κ3) is 3.00. The molecule has 0 saturated heterocycles. The van der Waals surface area contributed by atoms with Crippen molar-refractivity contribution in [2.24, 2.45) is 0 Å². The number of ether oxygens (including phenoxy) is 1. The average molecular weight is 400 g/mol. The summed E-state index contributed by atoms with van der Waals surface area (Å²) in [5.74, 6) is 0.641. The van der Waals surface area contributed by atoms with Gasteiger partial charge in [0.25, 0.3) is 0 Å². The molecule has 0 bridgehead atoms. The lowest BCUT2D eigenvalue weighted by Crippen LogP contribution is -2.28. The number of para-hydroxylation sites is 1. The average Bonchev–Trinajstić information content (AvgIpc) is 3.23. The maximum absolute atomic E-state index is 13.7. The van der Waals surface area contributed by atoms with Crippen LogP contribution in [0.4, 0.5) is 4.39 Å². The third-order valence-corrected chi connectivity index (χ3v) is 5.01. The van der Waals surface area contributed by atoms with E-state index >= 15 is 0 Å². The molecule has 0 atom stereocenters. The summed E-state index contributed by atoms with van der Waals surface area (Å²) in [5, 5.41) is 5.18. The van der Waals surface area contributed by atoms with Crippen molar-refractivity contribution in [1.29, 1.82) is 0 Å². The zero-order valence-corrected chi connectivity index (χ0v) is 16.1. The minimum Gasteiger partial charge on any atom is -0.497 e. The van der Waals surface area contributed by atoms with E-state index in [2.05, 4.69) is 10.1 Å². The molecule has 0 radical (unpaired) electrons. The summed E-state index contributed by atoms with van der Waals surface area (Å²) >= 11 is 0. The molecule has 0 spiro atoms. The van der Waals surface area contributed by atoms with Crippen LogP contribution >= 0.6 is 0 Å². The topological polar surface area (TPSA) is 61.4 Å². The Morgan fingerprint density at radius 3 is 2.67 bits per heavy atom. The fraction of sp³-hybridized carbons (Fsp3) is 0.0870. The van der Waals surface area contributed by atoms with Crippen LogP contribution in [0.3, 0.4) is 0 Å². The molecule has 3 aromatic carbocycles. The van der Waals surface area contributed by atoms with Crippen molar-refractivity contribution in [2.45, 2.75) is 6.54 Å². The van der Waals surface area contributed by atoms with Crippen LogP contribution < -0.4 is 10.4 Å². The molecule has 0 saturated carbocycles. The largest absolute Gasteiger partial charge is 0.497 e. The number of rotatable bonds is 4. The van der Waals surface area contributed by atoms with E-state index < -0.39 is 0 Å². The van der Waals surface area contributed by atoms with Gasteiger partial charge in [0.15, 0.2) is 11.5 Å². The molecule has 0 unspecified atom stereocenters. The Labute approximate surface area is 170 Å². The summed E-state index contributed by atoms with van der Waals surface area (Å²) in [5.41, 5.74) is 2.31. The third-order valence-electron chi connectivity index (χ3n) is 5.01. The first kappa shape index (κ1) is 18.1. The van der Waals surface area contributed by atoms with Gasteiger partial charge in [0, 0.05) is 10.9 Å². The van der Waals surface area contributed by atoms with Gasteiger partial charge in [-0.3, -0.25) is 4.57 Å². The summed E-state index contributed by atoms with van der Waals surface area (Å²) in [6.45, 7) is 0.349. The molecule has 2 heterocycles. The van der Waals surface area contributed by atoms with Gasteiger partial charge in [0.05, 0.1) is 19.2 Å². The molecule has 30 heavy (non-hydrogen) atoms. The molecule has 0 fully saturated rings. The van der Waals surface area contributed by atoms with E-state index in [1.165, 1.54) is 16.6 Å². The fourth-order valence-electron chi connectivity index (χ4n) is 3.59. The normalized spacial score (nSPS) is 11.3. The highest BCUT2D eigenvalue weighted by atomic mass is 19.1. The van der Waals surface area contributed by atoms with Crippen molar-refractivity contribution >= 4 is 16.6 Å². The number of nitrogens with zero attached hydrogens (tertiary/aromatic N) is 4. The summed E-state index contributed by atoms with van der Waals surface area (Å²) in [6.07, 6.45) is 0. The van der Waals surface area contributed by atoms with E-state index in [0.717, 1.165) is 22.2 Å². The zero-order valence-electron chi connectivity index (χ0n) is 16.1. The van der Waals surface area contributed by atoms with Crippen molar-refractivity contribution in [3.05, 3.63) is 94.7 Å². The SMILES string of the molecule is COc1cccc(Cn2c(=O)n3nc(-c4cccc(F)c4)nc3c3ccccc32)c1. The highest BCUT2D eigenvalue weighted by molar-refractivity contribution is 5.91. The summed E-state index contributed by atoms with van der Waals surface area (Å²) in [7, 11) is 1.61. The Hall–Kier alpha value is -4.00. The number of hydrogen-bond donors (Lipinski definition) is 0. The Morgan fingerprint density at radius 2 is 1.83 bits per heavy atom. The highest BCUT2D eigenvalue weighted by Gasteiger charge is 2.16. The lowest BCUT2D eigenvalue weighted by atomic mass is 10.2. The van der Waals surface area contributed by atoms with E-state index in [1.54, 1.807) is 23.8 Å². The molecule has 0 aliphatic carbocycles. The lowest BCUT2D eigenvalue weighted by molar-refractivity contribution is 0.414. The molecule has 148 valence electrons. The van der Waals surface area contributed by atoms with Crippen LogP contribution in [-0.2, 0) is 6.54 Å². The van der Waals surface area contributed by atoms with E-state index in [4.69, 9.17) is 4.74 Å². The molecule has 5 rings (SSSR count). The molecule has 7 heteroatoms. The molecular formula is C23H17FN4O2. The van der Waals surface area contributed by atoms with Crippen LogP contribution in [0.2, 0.25) is 0 Å². The Morgan fingerprint density at radius 1 is 1.00 bits per heavy atom. The summed E-state index contributed by atoms with van der Waals surface area (Å²) in [6, 6.07) is 21.1. The van der Waals surface area contributed by atoms with Crippen molar-refractivity contribution in [2.75, 3.05) is 7.11 Å². The van der Waals surface area contributed by atoms with Crippen LogP contribution in [0.5, 0.6) is 5.75 Å². The number of hydrogen-bond acceptors (Lipinski definition) is 4. The van der Waals surface area contributed by atoms with Gasteiger partial charge in [0.2, 0.25) is 0 Å². The summed E-state index contributed by atoms with van der Waals surface area (Å²) < 4.78 is 21.9. The molecule has 0 aliphatic heterocycles. The highest BCUT2D eigenvalue weighted by Crippen LogP contribution is 2.22. The monoisotopic (exact) mass is 400 g/mol. The van der Waals surface area contributed by atoms with Crippen LogP contribution in [0.1, 0.15) is 5.56 Å². The van der Waals surface area contributed by atoms with Gasteiger partial charge < -0.3 is 4.74 Å². The van der Waals surface area contributed by atoms with Gasteiger partial charge in [0.1, 0.15) is 11.6 Å². The second kappa shape index (κ2) is 7.11. The van der Waals surface area contributed by atoms with Crippen molar-refractivity contribution in [1.82, 2.24) is 19.2 Å². The van der Waals surface area contributed by atoms with Gasteiger partial charge in [-0.15, -0.1) is 5.10 Å². The Balaban J connectivity index is 1.74. The quantitative estimate of drug-likeness (QED) is 0.459. The first-order chi connectivity index (χ1) is 14.6. The van der Waals surface area contributed by atoms with Crippen LogP contribution in [0.15, 0.2) is 77.6 Å². The molecule has 5 aromatic rings. The van der Waals surface area contributed by atoms with Gasteiger partial charge in [-0.1, -0.05) is 36.4 Å². The maximum atomic E-state index is 13.7. The molecule has 6 nitrogen and oxygen atoms in total. The van der Waals surface area contributed by atoms with E-state index in [1.807, 2.05) is 48.5 Å². The fourth-order valence-corrected chi connectivity index (χ4v) is 3.59. The molecule has 0 amide bonds. The molecular weight excluding hydrogens is 383 g/mol. The minimum absolute atomic E-state index is 0.302. The predicted molar refractivity (Wildman–Crippen MR) is 112 cm³/mol. The van der Waals surface area contributed by atoms with Crippen molar-refractivity contribution < 1.29 is 9.13 Å². The first-order valence-corrected chi connectivity index (χ1v) is 9.41. The first-order valence-electron chi connectivity index (χ1n) is 9.41. The zero-order chi connectivity index (χ0) is 20.7. The van der Waals surface area contributed by atoms with Crippen LogP contribution in [-0.4, -0.2) is 26.3 Å². The van der Waals surface area contributed by atoms with Gasteiger partial charge >= 0.3 is 5.69 Å². The molecule has 0 N–H and O–H groups in total. The second-order valence-electron chi connectivity index (χ2n) is 6.92. The minimum atomic E-state index is -0.383. The van der Waals surface area contributed by atoms with Gasteiger partial charge in [-0.25, -0.2) is 14.2 Å². The van der Waals surface area contributed by atoms with Crippen molar-refractivity contribution in [3.63, 3.8) is 0 Å². The van der Waals surface area contributed by atoms with E-state index in [9.17, 15) is 9.18 Å². The molecule has 2 aromatic heterocycles. The van der Waals surface area contributed by atoms with Gasteiger partial charge in [-0.05, 0) is 42.0 Å². The number of fused-ring (bicyclic) bond motifs is 3. The predicted octanol–water partition coefficient (Wildman–Crippen LogP) is 3.91.